The number of halogens is 1. The van der Waals surface area contributed by atoms with Crippen molar-refractivity contribution in [3.8, 4) is 0 Å². The number of rotatable bonds is 9. The van der Waals surface area contributed by atoms with Gasteiger partial charge in [0.1, 0.15) is 5.82 Å². The van der Waals surface area contributed by atoms with Gasteiger partial charge in [0.15, 0.2) is 0 Å². The quantitative estimate of drug-likeness (QED) is 0.515. The summed E-state index contributed by atoms with van der Waals surface area (Å²) >= 11 is 0. The van der Waals surface area contributed by atoms with E-state index >= 15 is 0 Å². The van der Waals surface area contributed by atoms with E-state index in [1.54, 1.807) is 28.8 Å². The third kappa shape index (κ3) is 5.61. The number of hydrogen-bond donors (Lipinski definition) is 2. The number of nitrogens with one attached hydrogen (secondary N) is 1. The Morgan fingerprint density at radius 2 is 1.94 bits per heavy atom. The minimum Gasteiger partial charge on any atom is -0.481 e. The first kappa shape index (κ1) is 22.6. The number of nitrogens with zero attached hydrogens (tertiary/aromatic N) is 2. The van der Waals surface area contributed by atoms with Gasteiger partial charge >= 0.3 is 5.97 Å². The topological polar surface area (TPSA) is 74.6 Å². The van der Waals surface area contributed by atoms with Gasteiger partial charge in [0.05, 0.1) is 0 Å². The van der Waals surface area contributed by atoms with Gasteiger partial charge in [-0.3, -0.25) is 9.59 Å². The van der Waals surface area contributed by atoms with Gasteiger partial charge in [0.2, 0.25) is 0 Å². The highest BCUT2D eigenvalue weighted by Gasteiger charge is 2.19. The first-order valence-electron chi connectivity index (χ1n) is 11.3. The van der Waals surface area contributed by atoms with Crippen molar-refractivity contribution in [3.05, 3.63) is 93.7 Å². The molecule has 1 aromatic heterocycles. The zero-order valence-corrected chi connectivity index (χ0v) is 18.5. The maximum Gasteiger partial charge on any atom is 0.303 e. The molecule has 4 rings (SSSR count). The molecule has 0 radical (unpaired) electrons. The van der Waals surface area contributed by atoms with Crippen molar-refractivity contribution < 1.29 is 14.3 Å². The molecule has 2 aromatic carbocycles. The summed E-state index contributed by atoms with van der Waals surface area (Å²) in [6.45, 7) is 2.92. The van der Waals surface area contributed by atoms with Gasteiger partial charge in [-0.25, -0.2) is 4.39 Å². The largest absolute Gasteiger partial charge is 0.481 e. The van der Waals surface area contributed by atoms with E-state index in [1.165, 1.54) is 22.9 Å². The van der Waals surface area contributed by atoms with Crippen LogP contribution in [0.5, 0.6) is 0 Å². The first-order chi connectivity index (χ1) is 16.0. The Kier molecular flexibility index (Phi) is 7.07. The molecular weight excluding hydrogens is 421 g/mol. The van der Waals surface area contributed by atoms with Crippen LogP contribution in [-0.2, 0) is 30.7 Å². The van der Waals surface area contributed by atoms with E-state index in [9.17, 15) is 14.0 Å². The molecule has 172 valence electrons. The lowest BCUT2D eigenvalue weighted by atomic mass is 9.96. The summed E-state index contributed by atoms with van der Waals surface area (Å²) in [5, 5.41) is 12.1. The number of carbonyl (C=O) groups is 1. The van der Waals surface area contributed by atoms with Crippen LogP contribution in [-0.4, -0.2) is 28.7 Å². The Morgan fingerprint density at radius 1 is 1.06 bits per heavy atom. The molecule has 6 nitrogen and oxygen atoms in total. The number of carboxylic acids is 1. The molecule has 0 amide bonds. The molecule has 33 heavy (non-hydrogen) atoms. The number of pyridine rings is 1. The highest BCUT2D eigenvalue weighted by molar-refractivity contribution is 5.67. The highest BCUT2D eigenvalue weighted by atomic mass is 19.1. The monoisotopic (exact) mass is 449 g/mol. The van der Waals surface area contributed by atoms with Crippen LogP contribution >= 0.6 is 0 Å². The van der Waals surface area contributed by atoms with Crippen molar-refractivity contribution in [2.45, 2.75) is 38.8 Å². The number of benzene rings is 2. The Labute approximate surface area is 192 Å². The number of aromatic nitrogens is 1. The van der Waals surface area contributed by atoms with Crippen LogP contribution in [0.2, 0.25) is 0 Å². The summed E-state index contributed by atoms with van der Waals surface area (Å²) in [5.41, 5.74) is 4.74. The van der Waals surface area contributed by atoms with E-state index in [2.05, 4.69) is 22.3 Å². The van der Waals surface area contributed by atoms with Crippen LogP contribution in [0.3, 0.4) is 0 Å². The normalized spacial score (nSPS) is 12.9. The van der Waals surface area contributed by atoms with Crippen molar-refractivity contribution in [3.63, 3.8) is 0 Å². The Balaban J connectivity index is 1.43. The standard InChI is InChI=1S/C26H28FN3O3/c27-23-17-21(11-9-19(23)10-12-26(32)33)28-18-20-5-3-7-24-22(20)6-4-14-29(24)15-16-30-13-2-1-8-25(30)31/h1-3,5,7-9,11,13,17,28H,4,6,10,12,14-16,18H2,(H,32,33). The Morgan fingerprint density at radius 3 is 2.73 bits per heavy atom. The van der Waals surface area contributed by atoms with Crippen molar-refractivity contribution in [2.24, 2.45) is 0 Å². The van der Waals surface area contributed by atoms with Gasteiger partial charge in [0.25, 0.3) is 5.56 Å². The Hall–Kier alpha value is -3.61. The van der Waals surface area contributed by atoms with E-state index in [0.717, 1.165) is 25.9 Å². The molecule has 3 aromatic rings. The molecule has 1 aliphatic rings. The van der Waals surface area contributed by atoms with E-state index in [4.69, 9.17) is 5.11 Å². The van der Waals surface area contributed by atoms with E-state index in [-0.39, 0.29) is 18.4 Å². The first-order valence-corrected chi connectivity index (χ1v) is 11.3. The van der Waals surface area contributed by atoms with Crippen LogP contribution in [0.1, 0.15) is 29.5 Å². The lowest BCUT2D eigenvalue weighted by Gasteiger charge is -2.33. The van der Waals surface area contributed by atoms with Crippen LogP contribution in [0.15, 0.2) is 65.6 Å². The second-order valence-electron chi connectivity index (χ2n) is 8.29. The van der Waals surface area contributed by atoms with Gasteiger partial charge in [-0.15, -0.1) is 0 Å². The van der Waals surface area contributed by atoms with Crippen molar-refractivity contribution in [1.82, 2.24) is 4.57 Å². The summed E-state index contributed by atoms with van der Waals surface area (Å²) in [6.07, 6.45) is 3.94. The summed E-state index contributed by atoms with van der Waals surface area (Å²) in [4.78, 5) is 25.1. The highest BCUT2D eigenvalue weighted by Crippen LogP contribution is 2.30. The van der Waals surface area contributed by atoms with Crippen molar-refractivity contribution in [1.29, 1.82) is 0 Å². The molecule has 0 saturated heterocycles. The molecule has 2 N–H and O–H groups in total. The molecule has 7 heteroatoms. The number of hydrogen-bond acceptors (Lipinski definition) is 4. The Bertz CT molecular complexity index is 1190. The number of carboxylic acid groups (broad SMARTS) is 1. The lowest BCUT2D eigenvalue weighted by Crippen LogP contribution is -2.34. The SMILES string of the molecule is O=C(O)CCc1ccc(NCc2cccc3c2CCCN3CCn2ccccc2=O)cc1F. The molecular formula is C26H28FN3O3. The van der Waals surface area contributed by atoms with E-state index < -0.39 is 11.8 Å². The average Bonchev–Trinajstić information content (AvgIpc) is 2.81. The van der Waals surface area contributed by atoms with Gasteiger partial charge < -0.3 is 19.9 Å². The predicted octanol–water partition coefficient (Wildman–Crippen LogP) is 4.07. The maximum atomic E-state index is 14.3. The van der Waals surface area contributed by atoms with Crippen molar-refractivity contribution in [2.75, 3.05) is 23.3 Å². The number of aliphatic carboxylic acids is 1. The number of fused-ring (bicyclic) bond motifs is 1. The zero-order valence-electron chi connectivity index (χ0n) is 18.5. The van der Waals surface area contributed by atoms with Gasteiger partial charge in [0, 0.05) is 56.2 Å². The third-order valence-electron chi connectivity index (χ3n) is 6.10. The van der Waals surface area contributed by atoms with Crippen LogP contribution < -0.4 is 15.8 Å². The smallest absolute Gasteiger partial charge is 0.303 e. The van der Waals surface area contributed by atoms with Gasteiger partial charge in [-0.2, -0.15) is 0 Å². The molecule has 0 unspecified atom stereocenters. The maximum absolute atomic E-state index is 14.3. The molecule has 0 saturated carbocycles. The molecule has 0 fully saturated rings. The van der Waals surface area contributed by atoms with Crippen LogP contribution in [0.25, 0.3) is 0 Å². The molecule has 0 atom stereocenters. The van der Waals surface area contributed by atoms with E-state index in [0.29, 0.717) is 24.3 Å². The zero-order chi connectivity index (χ0) is 23.2. The fourth-order valence-corrected chi connectivity index (χ4v) is 4.34. The van der Waals surface area contributed by atoms with Gasteiger partial charge in [-0.1, -0.05) is 24.3 Å². The van der Waals surface area contributed by atoms with Gasteiger partial charge in [-0.05, 0) is 60.2 Å². The fourth-order valence-electron chi connectivity index (χ4n) is 4.34. The molecule has 0 aliphatic carbocycles. The summed E-state index contributed by atoms with van der Waals surface area (Å²) in [7, 11) is 0. The summed E-state index contributed by atoms with van der Waals surface area (Å²) in [5.74, 6) is -1.33. The van der Waals surface area contributed by atoms with E-state index in [1.807, 2.05) is 18.3 Å². The second-order valence-corrected chi connectivity index (χ2v) is 8.29. The summed E-state index contributed by atoms with van der Waals surface area (Å²) in [6, 6.07) is 16.3. The summed E-state index contributed by atoms with van der Waals surface area (Å²) < 4.78 is 16.1. The van der Waals surface area contributed by atoms with Crippen LogP contribution in [0.4, 0.5) is 15.8 Å². The second kappa shape index (κ2) is 10.3. The molecule has 1 aliphatic heterocycles. The number of anilines is 2. The number of aryl methyl sites for hydroxylation is 1. The average molecular weight is 450 g/mol. The minimum absolute atomic E-state index is 0.00824. The third-order valence-corrected chi connectivity index (χ3v) is 6.10. The van der Waals surface area contributed by atoms with Crippen molar-refractivity contribution >= 4 is 17.3 Å². The molecule has 2 heterocycles. The predicted molar refractivity (Wildman–Crippen MR) is 127 cm³/mol. The molecule has 0 bridgehead atoms. The molecule has 0 spiro atoms. The van der Waals surface area contributed by atoms with Crippen LogP contribution in [0, 0.1) is 5.82 Å². The lowest BCUT2D eigenvalue weighted by molar-refractivity contribution is -0.136. The minimum atomic E-state index is -0.935. The fraction of sp³-hybridized carbons (Fsp3) is 0.308.